The lowest BCUT2D eigenvalue weighted by Gasteiger charge is -2.26. The van der Waals surface area contributed by atoms with E-state index >= 15 is 0 Å². The van der Waals surface area contributed by atoms with Gasteiger partial charge in [0, 0.05) is 43.9 Å². The van der Waals surface area contributed by atoms with Gasteiger partial charge in [0.15, 0.2) is 5.82 Å². The number of para-hydroxylation sites is 2. The summed E-state index contributed by atoms with van der Waals surface area (Å²) in [6, 6.07) is 50.5. The van der Waals surface area contributed by atoms with Gasteiger partial charge in [-0.1, -0.05) is 155 Å². The molecule has 0 atom stereocenters. The highest BCUT2D eigenvalue weighted by molar-refractivity contribution is 6.13. The first-order valence-corrected chi connectivity index (χ1v) is 17.2. The molecule has 2 heterocycles. The number of hydrogen-bond donors (Lipinski definition) is 0. The van der Waals surface area contributed by atoms with Gasteiger partial charge < -0.3 is 4.57 Å². The van der Waals surface area contributed by atoms with Crippen molar-refractivity contribution in [2.45, 2.75) is 38.5 Å². The molecule has 0 spiro atoms. The molecule has 0 aliphatic heterocycles. The first-order chi connectivity index (χ1) is 23.9. The zero-order valence-electron chi connectivity index (χ0n) is 28.1. The summed E-state index contributed by atoms with van der Waals surface area (Å²) in [6.07, 6.45) is 0. The van der Waals surface area contributed by atoms with Gasteiger partial charge in [-0.2, -0.15) is 0 Å². The van der Waals surface area contributed by atoms with Crippen molar-refractivity contribution in [3.63, 3.8) is 0 Å². The van der Waals surface area contributed by atoms with Crippen LogP contribution < -0.4 is 0 Å². The molecule has 0 N–H and O–H groups in total. The fourth-order valence-corrected chi connectivity index (χ4v) is 8.96. The molecule has 3 heteroatoms. The Kier molecular flexibility index (Phi) is 5.69. The molecular weight excluding hydrogens is 595 g/mol. The van der Waals surface area contributed by atoms with Crippen molar-refractivity contribution in [3.05, 3.63) is 162 Å². The van der Waals surface area contributed by atoms with Gasteiger partial charge in [-0.05, 0) is 39.9 Å². The first kappa shape index (κ1) is 28.2. The van der Waals surface area contributed by atoms with Crippen LogP contribution in [0, 0.1) is 0 Å². The Morgan fingerprint density at radius 1 is 0.449 bits per heavy atom. The van der Waals surface area contributed by atoms with Crippen LogP contribution >= 0.6 is 0 Å². The van der Waals surface area contributed by atoms with Gasteiger partial charge in [0.25, 0.3) is 0 Å². The molecule has 2 aliphatic carbocycles. The topological polar surface area (TPSA) is 30.7 Å². The average Bonchev–Trinajstić information content (AvgIpc) is 3.69. The maximum atomic E-state index is 5.50. The molecule has 3 nitrogen and oxygen atoms in total. The summed E-state index contributed by atoms with van der Waals surface area (Å²) in [4.78, 5) is 10.8. The molecule has 0 saturated heterocycles. The van der Waals surface area contributed by atoms with Crippen LogP contribution in [-0.2, 0) is 10.8 Å². The summed E-state index contributed by atoms with van der Waals surface area (Å²) >= 11 is 0. The van der Waals surface area contributed by atoms with Gasteiger partial charge >= 0.3 is 0 Å². The third kappa shape index (κ3) is 3.73. The minimum atomic E-state index is -0.282. The Morgan fingerprint density at radius 3 is 1.80 bits per heavy atom. The van der Waals surface area contributed by atoms with E-state index < -0.39 is 0 Å². The summed E-state index contributed by atoms with van der Waals surface area (Å²) in [5, 5.41) is 2.53. The summed E-state index contributed by atoms with van der Waals surface area (Å²) in [5.74, 6) is 0.747. The number of fused-ring (bicyclic) bond motifs is 10. The van der Waals surface area contributed by atoms with Crippen molar-refractivity contribution in [2.24, 2.45) is 0 Å². The number of rotatable bonds is 3. The molecule has 0 amide bonds. The summed E-state index contributed by atoms with van der Waals surface area (Å²) in [5.41, 5.74) is 16.3. The third-order valence-corrected chi connectivity index (χ3v) is 11.2. The molecule has 49 heavy (non-hydrogen) atoms. The fourth-order valence-electron chi connectivity index (χ4n) is 8.96. The van der Waals surface area contributed by atoms with E-state index in [2.05, 4.69) is 166 Å². The van der Waals surface area contributed by atoms with E-state index in [9.17, 15) is 0 Å². The Bertz CT molecular complexity index is 2660. The Morgan fingerprint density at radius 2 is 1.02 bits per heavy atom. The molecule has 0 bridgehead atoms. The molecule has 0 unspecified atom stereocenters. The van der Waals surface area contributed by atoms with Crippen molar-refractivity contribution >= 4 is 21.8 Å². The van der Waals surface area contributed by atoms with Crippen molar-refractivity contribution in [1.82, 2.24) is 14.5 Å². The minimum absolute atomic E-state index is 0.174. The zero-order valence-corrected chi connectivity index (χ0v) is 28.1. The number of hydrogen-bond acceptors (Lipinski definition) is 2. The predicted molar refractivity (Wildman–Crippen MR) is 202 cm³/mol. The molecule has 0 fully saturated rings. The lowest BCUT2D eigenvalue weighted by atomic mass is 9.80. The van der Waals surface area contributed by atoms with E-state index in [1.54, 1.807) is 0 Å². The van der Waals surface area contributed by atoms with Gasteiger partial charge in [-0.25, -0.2) is 9.97 Å². The Labute approximate surface area is 286 Å². The fraction of sp³-hybridized carbons (Fsp3) is 0.130. The van der Waals surface area contributed by atoms with E-state index in [0.29, 0.717) is 0 Å². The lowest BCUT2D eigenvalue weighted by Crippen LogP contribution is -2.18. The Hall–Kier alpha value is -5.80. The zero-order chi connectivity index (χ0) is 33.1. The van der Waals surface area contributed by atoms with Crippen molar-refractivity contribution in [2.75, 3.05) is 0 Å². The summed E-state index contributed by atoms with van der Waals surface area (Å²) < 4.78 is 2.53. The van der Waals surface area contributed by atoms with Crippen molar-refractivity contribution in [1.29, 1.82) is 0 Å². The molecule has 6 aromatic carbocycles. The number of nitrogens with zero attached hydrogens (tertiary/aromatic N) is 3. The van der Waals surface area contributed by atoms with Crippen LogP contribution in [0.25, 0.3) is 72.5 Å². The van der Waals surface area contributed by atoms with Crippen LogP contribution in [0.1, 0.15) is 49.9 Å². The molecule has 2 aromatic heterocycles. The second-order valence-corrected chi connectivity index (χ2v) is 14.6. The van der Waals surface area contributed by atoms with Crippen LogP contribution in [0.2, 0.25) is 0 Å². The molecule has 2 aliphatic rings. The quantitative estimate of drug-likeness (QED) is 0.195. The smallest absolute Gasteiger partial charge is 0.160 e. The maximum Gasteiger partial charge on any atom is 0.160 e. The van der Waals surface area contributed by atoms with E-state index in [4.69, 9.17) is 9.97 Å². The Balaban J connectivity index is 1.34. The number of aromatic nitrogens is 3. The highest BCUT2D eigenvalue weighted by atomic mass is 15.0. The molecular formula is C46H35N3. The standard InChI is InChI=1S/C46H35N3/c1-45(2)35-22-12-8-18-29(35)31-26-27-32-30-19-10-14-24-37(30)49(43(32)39(31)45)38-25-15-11-21-34(38)42-40-41(33-20-9-13-23-36(33)46(40,3)4)47-44(48-42)28-16-6-5-7-17-28/h5-27H,1-4H3. The summed E-state index contributed by atoms with van der Waals surface area (Å²) in [6.45, 7) is 9.41. The monoisotopic (exact) mass is 629 g/mol. The highest BCUT2D eigenvalue weighted by Gasteiger charge is 2.41. The molecule has 234 valence electrons. The van der Waals surface area contributed by atoms with Crippen molar-refractivity contribution in [3.8, 4) is 50.7 Å². The van der Waals surface area contributed by atoms with Gasteiger partial charge in [0.05, 0.1) is 28.1 Å². The van der Waals surface area contributed by atoms with Crippen LogP contribution in [-0.4, -0.2) is 14.5 Å². The number of benzene rings is 6. The van der Waals surface area contributed by atoms with E-state index in [1.165, 1.54) is 60.8 Å². The van der Waals surface area contributed by atoms with Crippen LogP contribution in [0.15, 0.2) is 140 Å². The normalized spacial score (nSPS) is 14.9. The second-order valence-electron chi connectivity index (χ2n) is 14.6. The minimum Gasteiger partial charge on any atom is -0.308 e. The highest BCUT2D eigenvalue weighted by Crippen LogP contribution is 2.55. The lowest BCUT2D eigenvalue weighted by molar-refractivity contribution is 0.657. The summed E-state index contributed by atoms with van der Waals surface area (Å²) in [7, 11) is 0. The van der Waals surface area contributed by atoms with Crippen LogP contribution in [0.5, 0.6) is 0 Å². The largest absolute Gasteiger partial charge is 0.308 e. The van der Waals surface area contributed by atoms with E-state index in [-0.39, 0.29) is 10.8 Å². The molecule has 10 rings (SSSR count). The first-order valence-electron chi connectivity index (χ1n) is 17.2. The van der Waals surface area contributed by atoms with Gasteiger partial charge in [0.1, 0.15) is 0 Å². The maximum absolute atomic E-state index is 5.50. The third-order valence-electron chi connectivity index (χ3n) is 11.2. The van der Waals surface area contributed by atoms with Gasteiger partial charge in [0.2, 0.25) is 0 Å². The van der Waals surface area contributed by atoms with E-state index in [1.807, 2.05) is 6.07 Å². The van der Waals surface area contributed by atoms with Crippen molar-refractivity contribution < 1.29 is 0 Å². The van der Waals surface area contributed by atoms with E-state index in [0.717, 1.165) is 34.0 Å². The SMILES string of the molecule is CC1(C)c2ccccc2-c2nc(-c3ccccc3)nc(-c3ccccc3-n3c4ccccc4c4ccc5c(c43)C(C)(C)c3ccccc3-5)c21. The average molecular weight is 630 g/mol. The van der Waals surface area contributed by atoms with Gasteiger partial charge in [-0.15, -0.1) is 0 Å². The van der Waals surface area contributed by atoms with Crippen LogP contribution in [0.3, 0.4) is 0 Å². The second kappa shape index (κ2) is 9.87. The van der Waals surface area contributed by atoms with Crippen LogP contribution in [0.4, 0.5) is 0 Å². The molecule has 0 radical (unpaired) electrons. The predicted octanol–water partition coefficient (Wildman–Crippen LogP) is 11.5. The molecule has 8 aromatic rings. The van der Waals surface area contributed by atoms with Gasteiger partial charge in [-0.3, -0.25) is 0 Å². The molecule has 0 saturated carbocycles.